The fourth-order valence-corrected chi connectivity index (χ4v) is 6.95. The molecular weight excluding hydrogens is 378 g/mol. The van der Waals surface area contributed by atoms with Crippen LogP contribution < -0.4 is 16.0 Å². The Morgan fingerprint density at radius 2 is 1.64 bits per heavy atom. The predicted molar refractivity (Wildman–Crippen MR) is 103 cm³/mol. The van der Waals surface area contributed by atoms with Gasteiger partial charge in [-0.2, -0.15) is 0 Å². The van der Waals surface area contributed by atoms with Gasteiger partial charge in [0.1, 0.15) is 0 Å². The topological polar surface area (TPSA) is 118 Å². The molecule has 5 rings (SSSR count). The van der Waals surface area contributed by atoms with Gasteiger partial charge in [-0.1, -0.05) is 6.07 Å². The predicted octanol–water partition coefficient (Wildman–Crippen LogP) is 2.01. The third-order valence-electron chi connectivity index (χ3n) is 6.77. The van der Waals surface area contributed by atoms with Crippen LogP contribution in [-0.2, 0) is 14.8 Å². The molecule has 0 radical (unpaired) electrons. The van der Waals surface area contributed by atoms with Gasteiger partial charge in [-0.05, 0) is 86.3 Å². The van der Waals surface area contributed by atoms with Crippen LogP contribution in [0.1, 0.15) is 60.9 Å². The first-order valence-corrected chi connectivity index (χ1v) is 11.4. The van der Waals surface area contributed by atoms with Crippen molar-refractivity contribution in [2.45, 2.75) is 56.8 Å². The molecule has 4 N–H and O–H groups in total. The number of carbonyl (C=O) groups excluding carboxylic acids is 2. The Balaban J connectivity index is 1.37. The molecule has 7 nitrogen and oxygen atoms in total. The summed E-state index contributed by atoms with van der Waals surface area (Å²) < 4.78 is 23.2. The number of nitrogens with one attached hydrogen (secondary N) is 2. The number of nitrogens with two attached hydrogens (primary N) is 1. The van der Waals surface area contributed by atoms with Crippen molar-refractivity contribution in [3.05, 3.63) is 29.3 Å². The van der Waals surface area contributed by atoms with E-state index in [1.54, 1.807) is 6.92 Å². The van der Waals surface area contributed by atoms with Gasteiger partial charge in [0.15, 0.2) is 0 Å². The average molecular weight is 406 g/mol. The largest absolute Gasteiger partial charge is 0.273 e. The number of amides is 2. The maximum absolute atomic E-state index is 12.5. The Morgan fingerprint density at radius 3 is 2.18 bits per heavy atom. The summed E-state index contributed by atoms with van der Waals surface area (Å²) in [6.45, 7) is 1.61. The fraction of sp³-hybridized carbons (Fsp3) is 0.600. The van der Waals surface area contributed by atoms with Crippen molar-refractivity contribution >= 4 is 21.8 Å². The number of aryl methyl sites for hydroxylation is 1. The molecule has 0 aliphatic heterocycles. The highest BCUT2D eigenvalue weighted by atomic mass is 32.2. The first-order valence-electron chi connectivity index (χ1n) is 9.86. The van der Waals surface area contributed by atoms with Gasteiger partial charge in [0.25, 0.3) is 5.91 Å². The van der Waals surface area contributed by atoms with Gasteiger partial charge < -0.3 is 0 Å². The summed E-state index contributed by atoms with van der Waals surface area (Å²) in [4.78, 5) is 24.7. The zero-order chi connectivity index (χ0) is 20.1. The van der Waals surface area contributed by atoms with Crippen LogP contribution >= 0.6 is 0 Å². The zero-order valence-corrected chi connectivity index (χ0v) is 16.8. The first-order chi connectivity index (χ1) is 13.1. The Labute approximate surface area is 165 Å². The van der Waals surface area contributed by atoms with E-state index in [0.29, 0.717) is 12.0 Å². The summed E-state index contributed by atoms with van der Waals surface area (Å²) in [6.07, 6.45) is 7.75. The van der Waals surface area contributed by atoms with Crippen LogP contribution in [0.3, 0.4) is 0 Å². The summed E-state index contributed by atoms with van der Waals surface area (Å²) in [7, 11) is -3.92. The lowest BCUT2D eigenvalue weighted by atomic mass is 9.49. The van der Waals surface area contributed by atoms with Crippen molar-refractivity contribution in [1.82, 2.24) is 10.9 Å². The second-order valence-corrected chi connectivity index (χ2v) is 10.7. The minimum absolute atomic E-state index is 0.0915. The molecule has 0 spiro atoms. The lowest BCUT2D eigenvalue weighted by Crippen LogP contribution is -2.50. The molecular formula is C20H27N3O4S. The number of carbonyl (C=O) groups is 2. The maximum Gasteiger partial charge on any atom is 0.269 e. The number of rotatable bonds is 4. The number of benzene rings is 1. The molecule has 1 aromatic carbocycles. The van der Waals surface area contributed by atoms with Crippen molar-refractivity contribution in [2.75, 3.05) is 0 Å². The van der Waals surface area contributed by atoms with Crippen molar-refractivity contribution in [3.63, 3.8) is 0 Å². The molecule has 4 aliphatic carbocycles. The molecule has 28 heavy (non-hydrogen) atoms. The number of hydrogen-bond donors (Lipinski definition) is 3. The Morgan fingerprint density at radius 1 is 1.07 bits per heavy atom. The lowest BCUT2D eigenvalue weighted by Gasteiger charge is -2.56. The molecule has 1 aromatic rings. The molecule has 0 aromatic heterocycles. The standard InChI is InChI=1S/C20H27N3O4S/c1-12-2-3-16(7-17(12)28(21,26)27)19(25)23-22-18(24)11-20-8-13-4-14(9-20)6-15(5-13)10-20/h2-3,7,13-15H,4-6,8-11H2,1H3,(H,22,24)(H,23,25)(H2,21,26,27). The van der Waals surface area contributed by atoms with Crippen LogP contribution in [0.15, 0.2) is 23.1 Å². The van der Waals surface area contributed by atoms with Crippen LogP contribution in [0.5, 0.6) is 0 Å². The monoisotopic (exact) mass is 405 g/mol. The van der Waals surface area contributed by atoms with E-state index >= 15 is 0 Å². The molecule has 152 valence electrons. The molecule has 0 heterocycles. The summed E-state index contributed by atoms with van der Waals surface area (Å²) in [6, 6.07) is 4.25. The van der Waals surface area contributed by atoms with E-state index in [4.69, 9.17) is 5.14 Å². The van der Waals surface area contributed by atoms with Crippen LogP contribution in [0, 0.1) is 30.1 Å². The molecule has 2 amide bonds. The summed E-state index contributed by atoms with van der Waals surface area (Å²) in [5, 5.41) is 5.19. The zero-order valence-electron chi connectivity index (χ0n) is 16.0. The van der Waals surface area contributed by atoms with Crippen LogP contribution in [0.25, 0.3) is 0 Å². The Bertz CT molecular complexity index is 890. The molecule has 8 heteroatoms. The minimum atomic E-state index is -3.92. The van der Waals surface area contributed by atoms with E-state index in [9.17, 15) is 18.0 Å². The van der Waals surface area contributed by atoms with E-state index in [-0.39, 0.29) is 21.8 Å². The van der Waals surface area contributed by atoms with Crippen molar-refractivity contribution in [3.8, 4) is 0 Å². The van der Waals surface area contributed by atoms with Gasteiger partial charge in [-0.15, -0.1) is 0 Å². The number of hydrazine groups is 1. The summed E-state index contributed by atoms with van der Waals surface area (Å²) in [5.41, 5.74) is 5.60. The normalized spacial score (nSPS) is 30.9. The van der Waals surface area contributed by atoms with Crippen LogP contribution in [-0.4, -0.2) is 20.2 Å². The van der Waals surface area contributed by atoms with Gasteiger partial charge in [0.2, 0.25) is 15.9 Å². The number of primary sulfonamides is 1. The average Bonchev–Trinajstić information content (AvgIpc) is 2.57. The smallest absolute Gasteiger partial charge is 0.269 e. The molecule has 4 bridgehead atoms. The molecule has 4 aliphatic rings. The van der Waals surface area contributed by atoms with Gasteiger partial charge in [0.05, 0.1) is 4.90 Å². The molecule has 4 saturated carbocycles. The summed E-state index contributed by atoms with van der Waals surface area (Å²) >= 11 is 0. The van der Waals surface area contributed by atoms with Crippen molar-refractivity contribution in [1.29, 1.82) is 0 Å². The third kappa shape index (κ3) is 3.80. The molecule has 0 atom stereocenters. The third-order valence-corrected chi connectivity index (χ3v) is 7.83. The highest BCUT2D eigenvalue weighted by Gasteiger charge is 2.51. The van der Waals surface area contributed by atoms with Crippen LogP contribution in [0.2, 0.25) is 0 Å². The Kier molecular flexibility index (Phi) is 4.74. The highest BCUT2D eigenvalue weighted by molar-refractivity contribution is 7.89. The van der Waals surface area contributed by atoms with Gasteiger partial charge in [0, 0.05) is 12.0 Å². The van der Waals surface area contributed by atoms with E-state index in [0.717, 1.165) is 37.0 Å². The van der Waals surface area contributed by atoms with Gasteiger partial charge in [-0.25, -0.2) is 13.6 Å². The van der Waals surface area contributed by atoms with E-state index in [2.05, 4.69) is 10.9 Å². The molecule has 0 unspecified atom stereocenters. The van der Waals surface area contributed by atoms with Crippen LogP contribution in [0.4, 0.5) is 0 Å². The van der Waals surface area contributed by atoms with Gasteiger partial charge in [-0.3, -0.25) is 20.4 Å². The van der Waals surface area contributed by atoms with E-state index < -0.39 is 15.9 Å². The highest BCUT2D eigenvalue weighted by Crippen LogP contribution is 2.61. The maximum atomic E-state index is 12.5. The van der Waals surface area contributed by atoms with E-state index in [1.807, 2.05) is 0 Å². The first kappa shape index (κ1) is 19.4. The quantitative estimate of drug-likeness (QED) is 0.664. The second-order valence-electron chi connectivity index (χ2n) is 9.12. The Hall–Kier alpha value is -1.93. The number of hydrogen-bond acceptors (Lipinski definition) is 4. The van der Waals surface area contributed by atoms with Crippen molar-refractivity contribution in [2.24, 2.45) is 28.3 Å². The van der Waals surface area contributed by atoms with E-state index in [1.165, 1.54) is 37.5 Å². The molecule has 4 fully saturated rings. The SMILES string of the molecule is Cc1ccc(C(=O)NNC(=O)CC23CC4CC(CC(C4)C2)C3)cc1S(N)(=O)=O. The minimum Gasteiger partial charge on any atom is -0.273 e. The fourth-order valence-electron chi connectivity index (χ4n) is 6.14. The van der Waals surface area contributed by atoms with Gasteiger partial charge >= 0.3 is 0 Å². The number of sulfonamides is 1. The van der Waals surface area contributed by atoms with Crippen molar-refractivity contribution < 1.29 is 18.0 Å². The summed E-state index contributed by atoms with van der Waals surface area (Å²) in [5.74, 6) is 1.53. The lowest BCUT2D eigenvalue weighted by molar-refractivity contribution is -0.130. The molecule has 0 saturated heterocycles. The second kappa shape index (κ2) is 6.84.